The average Bonchev–Trinajstić information content (AvgIpc) is 2.64. The van der Waals surface area contributed by atoms with E-state index in [4.69, 9.17) is 0 Å². The Bertz CT molecular complexity index is 653. The van der Waals surface area contributed by atoms with Crippen molar-refractivity contribution in [3.63, 3.8) is 0 Å². The molecule has 1 aliphatic heterocycles. The van der Waals surface area contributed by atoms with E-state index >= 15 is 0 Å². The standard InChI is InChI=1S/C16H14FNO/c1-16(11-7-4-3-5-8-11)12-9-6-10-13(17)14(12)18(2)15(16)19/h3-10H,1-2H3/t16-/m0/s1. The lowest BCUT2D eigenvalue weighted by Crippen LogP contribution is -2.37. The van der Waals surface area contributed by atoms with E-state index in [1.807, 2.05) is 43.3 Å². The number of fused-ring (bicyclic) bond motifs is 1. The van der Waals surface area contributed by atoms with Gasteiger partial charge in [0.05, 0.1) is 11.1 Å². The molecule has 96 valence electrons. The van der Waals surface area contributed by atoms with Crippen molar-refractivity contribution >= 4 is 11.6 Å². The van der Waals surface area contributed by atoms with Gasteiger partial charge >= 0.3 is 0 Å². The fourth-order valence-corrected chi connectivity index (χ4v) is 2.86. The van der Waals surface area contributed by atoms with Crippen LogP contribution in [0.4, 0.5) is 10.1 Å². The highest BCUT2D eigenvalue weighted by molar-refractivity contribution is 6.09. The van der Waals surface area contributed by atoms with E-state index in [0.29, 0.717) is 5.69 Å². The summed E-state index contributed by atoms with van der Waals surface area (Å²) in [5.41, 5.74) is 1.19. The van der Waals surface area contributed by atoms with E-state index in [9.17, 15) is 9.18 Å². The van der Waals surface area contributed by atoms with Crippen LogP contribution < -0.4 is 4.90 Å². The van der Waals surface area contributed by atoms with Crippen LogP contribution in [0.15, 0.2) is 48.5 Å². The maximum absolute atomic E-state index is 14.0. The molecule has 19 heavy (non-hydrogen) atoms. The van der Waals surface area contributed by atoms with Gasteiger partial charge in [-0.25, -0.2) is 4.39 Å². The predicted octanol–water partition coefficient (Wildman–Crippen LogP) is 3.11. The Morgan fingerprint density at radius 3 is 2.42 bits per heavy atom. The van der Waals surface area contributed by atoms with Crippen LogP contribution >= 0.6 is 0 Å². The quantitative estimate of drug-likeness (QED) is 0.766. The van der Waals surface area contributed by atoms with Crippen LogP contribution in [-0.2, 0) is 10.2 Å². The number of rotatable bonds is 1. The van der Waals surface area contributed by atoms with Gasteiger partial charge < -0.3 is 4.90 Å². The third-order valence-electron chi connectivity index (χ3n) is 3.94. The summed E-state index contributed by atoms with van der Waals surface area (Å²) in [5.74, 6) is -0.452. The summed E-state index contributed by atoms with van der Waals surface area (Å²) in [6, 6.07) is 14.4. The Kier molecular flexibility index (Phi) is 2.45. The minimum atomic E-state index is -0.812. The SMILES string of the molecule is CN1C(=O)[C@@](C)(c2ccccc2)c2cccc(F)c21. The summed E-state index contributed by atoms with van der Waals surface area (Å²) < 4.78 is 14.0. The molecule has 0 fully saturated rings. The zero-order valence-electron chi connectivity index (χ0n) is 10.9. The highest BCUT2D eigenvalue weighted by Crippen LogP contribution is 2.46. The first-order valence-corrected chi connectivity index (χ1v) is 6.19. The number of carbonyl (C=O) groups is 1. The van der Waals surface area contributed by atoms with Gasteiger partial charge in [-0.2, -0.15) is 0 Å². The number of anilines is 1. The maximum Gasteiger partial charge on any atom is 0.241 e. The monoisotopic (exact) mass is 255 g/mol. The van der Waals surface area contributed by atoms with Gasteiger partial charge in [-0.15, -0.1) is 0 Å². The zero-order chi connectivity index (χ0) is 13.6. The maximum atomic E-state index is 14.0. The van der Waals surface area contributed by atoms with Crippen molar-refractivity contribution in [2.75, 3.05) is 11.9 Å². The summed E-state index contributed by atoms with van der Waals surface area (Å²) in [7, 11) is 1.62. The number of hydrogen-bond acceptors (Lipinski definition) is 1. The molecule has 3 heteroatoms. The summed E-state index contributed by atoms with van der Waals surface area (Å²) >= 11 is 0. The van der Waals surface area contributed by atoms with Crippen LogP contribution in [0.25, 0.3) is 0 Å². The predicted molar refractivity (Wildman–Crippen MR) is 72.7 cm³/mol. The summed E-state index contributed by atoms with van der Waals surface area (Å²) in [6.07, 6.45) is 0. The van der Waals surface area contributed by atoms with Crippen molar-refractivity contribution < 1.29 is 9.18 Å². The molecule has 2 nitrogen and oxygen atoms in total. The largest absolute Gasteiger partial charge is 0.311 e. The Morgan fingerprint density at radius 1 is 1.05 bits per heavy atom. The number of hydrogen-bond donors (Lipinski definition) is 0. The summed E-state index contributed by atoms with van der Waals surface area (Å²) in [6.45, 7) is 1.85. The van der Waals surface area contributed by atoms with Crippen LogP contribution in [-0.4, -0.2) is 13.0 Å². The molecule has 2 aromatic rings. The number of nitrogens with zero attached hydrogens (tertiary/aromatic N) is 1. The summed E-state index contributed by atoms with van der Waals surface area (Å²) in [4.78, 5) is 14.0. The molecular weight excluding hydrogens is 241 g/mol. The normalized spacial score (nSPS) is 21.6. The van der Waals surface area contributed by atoms with E-state index < -0.39 is 5.41 Å². The molecule has 2 aromatic carbocycles. The van der Waals surface area contributed by atoms with Gasteiger partial charge in [0.1, 0.15) is 5.82 Å². The van der Waals surface area contributed by atoms with Gasteiger partial charge in [0, 0.05) is 7.05 Å². The fourth-order valence-electron chi connectivity index (χ4n) is 2.86. The molecule has 1 amide bonds. The molecule has 0 unspecified atom stereocenters. The molecule has 0 aromatic heterocycles. The van der Waals surface area contributed by atoms with E-state index in [1.54, 1.807) is 13.1 Å². The van der Waals surface area contributed by atoms with Crippen LogP contribution in [0, 0.1) is 5.82 Å². The second-order valence-electron chi connectivity index (χ2n) is 4.99. The lowest BCUT2D eigenvalue weighted by Gasteiger charge is -2.23. The van der Waals surface area contributed by atoms with E-state index in [0.717, 1.165) is 11.1 Å². The minimum absolute atomic E-state index is 0.0983. The van der Waals surface area contributed by atoms with Crippen molar-refractivity contribution in [1.29, 1.82) is 0 Å². The number of benzene rings is 2. The second-order valence-corrected chi connectivity index (χ2v) is 4.99. The molecule has 1 aliphatic rings. The van der Waals surface area contributed by atoms with Crippen molar-refractivity contribution in [2.24, 2.45) is 0 Å². The highest BCUT2D eigenvalue weighted by atomic mass is 19.1. The van der Waals surface area contributed by atoms with Gasteiger partial charge in [-0.1, -0.05) is 42.5 Å². The molecular formula is C16H14FNO. The second kappa shape index (κ2) is 3.92. The molecule has 0 radical (unpaired) electrons. The number of para-hydroxylation sites is 1. The van der Waals surface area contributed by atoms with Crippen LogP contribution in [0.3, 0.4) is 0 Å². The Hall–Kier alpha value is -2.16. The fraction of sp³-hybridized carbons (Fsp3) is 0.188. The molecule has 0 saturated heterocycles. The molecule has 3 rings (SSSR count). The first-order valence-electron chi connectivity index (χ1n) is 6.19. The van der Waals surface area contributed by atoms with E-state index in [-0.39, 0.29) is 11.7 Å². The minimum Gasteiger partial charge on any atom is -0.311 e. The number of likely N-dealkylation sites (N-methyl/N-ethyl adjacent to an activating group) is 1. The molecule has 0 bridgehead atoms. The molecule has 0 saturated carbocycles. The van der Waals surface area contributed by atoms with Gasteiger partial charge in [-0.05, 0) is 24.1 Å². The van der Waals surface area contributed by atoms with Gasteiger partial charge in [0.25, 0.3) is 0 Å². The van der Waals surface area contributed by atoms with Crippen molar-refractivity contribution in [1.82, 2.24) is 0 Å². The summed E-state index contributed by atoms with van der Waals surface area (Å²) in [5, 5.41) is 0. The highest BCUT2D eigenvalue weighted by Gasteiger charge is 2.48. The Labute approximate surface area is 111 Å². The van der Waals surface area contributed by atoms with E-state index in [1.165, 1.54) is 11.0 Å². The Balaban J connectivity index is 2.30. The number of carbonyl (C=O) groups excluding carboxylic acids is 1. The van der Waals surface area contributed by atoms with Crippen LogP contribution in [0.5, 0.6) is 0 Å². The number of amides is 1. The van der Waals surface area contributed by atoms with Crippen LogP contribution in [0.1, 0.15) is 18.1 Å². The van der Waals surface area contributed by atoms with Gasteiger partial charge in [0.2, 0.25) is 5.91 Å². The zero-order valence-corrected chi connectivity index (χ0v) is 10.9. The molecule has 0 aliphatic carbocycles. The number of halogens is 1. The van der Waals surface area contributed by atoms with E-state index in [2.05, 4.69) is 0 Å². The van der Waals surface area contributed by atoms with Gasteiger partial charge in [-0.3, -0.25) is 4.79 Å². The van der Waals surface area contributed by atoms with Crippen molar-refractivity contribution in [2.45, 2.75) is 12.3 Å². The molecule has 1 heterocycles. The average molecular weight is 255 g/mol. The molecule has 0 N–H and O–H groups in total. The topological polar surface area (TPSA) is 20.3 Å². The third kappa shape index (κ3) is 1.44. The smallest absolute Gasteiger partial charge is 0.241 e. The lowest BCUT2D eigenvalue weighted by molar-refractivity contribution is -0.121. The third-order valence-corrected chi connectivity index (χ3v) is 3.94. The first-order chi connectivity index (χ1) is 9.06. The van der Waals surface area contributed by atoms with Crippen molar-refractivity contribution in [3.8, 4) is 0 Å². The lowest BCUT2D eigenvalue weighted by atomic mass is 9.77. The van der Waals surface area contributed by atoms with Gasteiger partial charge in [0.15, 0.2) is 0 Å². The molecule has 1 atom stereocenters. The van der Waals surface area contributed by atoms with Crippen molar-refractivity contribution in [3.05, 3.63) is 65.5 Å². The van der Waals surface area contributed by atoms with Crippen LogP contribution in [0.2, 0.25) is 0 Å². The molecule has 0 spiro atoms. The Morgan fingerprint density at radius 2 is 1.74 bits per heavy atom. The first kappa shape index (κ1) is 11.9.